The van der Waals surface area contributed by atoms with E-state index in [2.05, 4.69) is 32.4 Å². The van der Waals surface area contributed by atoms with E-state index in [1.54, 1.807) is 0 Å². The van der Waals surface area contributed by atoms with Crippen LogP contribution in [0.1, 0.15) is 58.8 Å². The highest BCUT2D eigenvalue weighted by Crippen LogP contribution is 2.07. The van der Waals surface area contributed by atoms with E-state index < -0.39 is 0 Å². The molecule has 12 heavy (non-hydrogen) atoms. The molecule has 0 nitrogen and oxygen atoms in total. The van der Waals surface area contributed by atoms with Crippen LogP contribution < -0.4 is 0 Å². The first-order chi connectivity index (χ1) is 5.91. The maximum atomic E-state index is 2.26. The molecule has 0 aromatic heterocycles. The summed E-state index contributed by atoms with van der Waals surface area (Å²) >= 11 is 0. The average molecular weight is 167 g/mol. The molecule has 0 unspecified atom stereocenters. The van der Waals surface area contributed by atoms with Crippen LogP contribution in [-0.2, 0) is 0 Å². The van der Waals surface area contributed by atoms with E-state index in [9.17, 15) is 0 Å². The van der Waals surface area contributed by atoms with Gasteiger partial charge in [0.1, 0.15) is 0 Å². The van der Waals surface area contributed by atoms with Gasteiger partial charge in [-0.3, -0.25) is 0 Å². The number of rotatable bonds is 8. The van der Waals surface area contributed by atoms with Gasteiger partial charge in [-0.1, -0.05) is 51.2 Å². The molecule has 0 bridgehead atoms. The van der Waals surface area contributed by atoms with Gasteiger partial charge in [-0.2, -0.15) is 0 Å². The summed E-state index contributed by atoms with van der Waals surface area (Å²) in [6.07, 6.45) is 16.3. The lowest BCUT2D eigenvalue weighted by Gasteiger charge is -1.98. The number of allylic oxidation sites excluding steroid dienone is 2. The first-order valence-electron chi connectivity index (χ1n) is 5.30. The normalized spacial score (nSPS) is 11.2. The molecule has 0 aromatic carbocycles. The molecular weight excluding hydrogens is 144 g/mol. The van der Waals surface area contributed by atoms with Crippen molar-refractivity contribution in [1.29, 1.82) is 0 Å². The highest BCUT2D eigenvalue weighted by molar-refractivity contribution is 4.76. The van der Waals surface area contributed by atoms with E-state index in [0.717, 1.165) is 0 Å². The fourth-order valence-electron chi connectivity index (χ4n) is 1.31. The Morgan fingerprint density at radius 1 is 0.750 bits per heavy atom. The second kappa shape index (κ2) is 10.7. The number of hydrogen-bond acceptors (Lipinski definition) is 0. The van der Waals surface area contributed by atoms with Crippen molar-refractivity contribution in [3.63, 3.8) is 0 Å². The second-order valence-corrected chi connectivity index (χ2v) is 3.32. The monoisotopic (exact) mass is 167 g/mol. The number of unbranched alkanes of at least 4 members (excludes halogenated alkanes) is 7. The minimum atomic E-state index is 1.27. The molecule has 0 saturated carbocycles. The molecule has 0 heteroatoms. The van der Waals surface area contributed by atoms with Crippen LogP contribution in [0, 0.1) is 6.42 Å². The van der Waals surface area contributed by atoms with Crippen molar-refractivity contribution in [2.24, 2.45) is 0 Å². The Morgan fingerprint density at radius 2 is 1.33 bits per heavy atom. The minimum Gasteiger partial charge on any atom is -0.0917 e. The van der Waals surface area contributed by atoms with Crippen LogP contribution in [0.15, 0.2) is 12.2 Å². The highest BCUT2D eigenvalue weighted by atomic mass is 13.9. The Balaban J connectivity index is 2.81. The summed E-state index contributed by atoms with van der Waals surface area (Å²) in [7, 11) is 0. The maximum Gasteiger partial charge on any atom is -0.0351 e. The van der Waals surface area contributed by atoms with Gasteiger partial charge >= 0.3 is 0 Å². The standard InChI is InChI=1S/C12H23/c1-3-5-7-9-11-12-10-8-6-4-2/h3-5H,6-12H2,1-2H3. The predicted molar refractivity (Wildman–Crippen MR) is 57.1 cm³/mol. The summed E-state index contributed by atoms with van der Waals surface area (Å²) in [4.78, 5) is 0. The fraction of sp³-hybridized carbons (Fsp3) is 0.750. The zero-order chi connectivity index (χ0) is 9.07. The van der Waals surface area contributed by atoms with E-state index in [0.29, 0.717) is 0 Å². The lowest BCUT2D eigenvalue weighted by atomic mass is 10.1. The molecule has 1 radical (unpaired) electrons. The Kier molecular flexibility index (Phi) is 10.5. The Morgan fingerprint density at radius 3 is 1.92 bits per heavy atom. The van der Waals surface area contributed by atoms with Crippen molar-refractivity contribution in [2.75, 3.05) is 0 Å². The molecule has 0 saturated heterocycles. The SMILES string of the molecule is C[CH]CCCCCCCC=CC. The third kappa shape index (κ3) is 9.74. The van der Waals surface area contributed by atoms with Crippen molar-refractivity contribution >= 4 is 0 Å². The largest absolute Gasteiger partial charge is 0.0917 e. The van der Waals surface area contributed by atoms with Gasteiger partial charge in [0.05, 0.1) is 0 Å². The lowest BCUT2D eigenvalue weighted by Crippen LogP contribution is -1.78. The Hall–Kier alpha value is -0.260. The third-order valence-corrected chi connectivity index (χ3v) is 2.10. The molecule has 0 aliphatic heterocycles. The van der Waals surface area contributed by atoms with Crippen molar-refractivity contribution in [1.82, 2.24) is 0 Å². The molecule has 0 N–H and O–H groups in total. The van der Waals surface area contributed by atoms with Crippen molar-refractivity contribution in [2.45, 2.75) is 58.8 Å². The zero-order valence-electron chi connectivity index (χ0n) is 8.68. The van der Waals surface area contributed by atoms with Crippen LogP contribution in [0.25, 0.3) is 0 Å². The second-order valence-electron chi connectivity index (χ2n) is 3.32. The first kappa shape index (κ1) is 11.7. The van der Waals surface area contributed by atoms with Crippen molar-refractivity contribution < 1.29 is 0 Å². The van der Waals surface area contributed by atoms with E-state index in [4.69, 9.17) is 0 Å². The summed E-state index contributed by atoms with van der Waals surface area (Å²) in [6.45, 7) is 4.24. The van der Waals surface area contributed by atoms with E-state index in [1.165, 1.54) is 44.9 Å². The topological polar surface area (TPSA) is 0 Å². The van der Waals surface area contributed by atoms with Gasteiger partial charge in [0.15, 0.2) is 0 Å². The third-order valence-electron chi connectivity index (χ3n) is 2.10. The van der Waals surface area contributed by atoms with Gasteiger partial charge in [-0.25, -0.2) is 0 Å². The summed E-state index contributed by atoms with van der Waals surface area (Å²) < 4.78 is 0. The molecule has 71 valence electrons. The highest BCUT2D eigenvalue weighted by Gasteiger charge is 1.88. The summed E-state index contributed by atoms with van der Waals surface area (Å²) in [6, 6.07) is 0. The molecule has 0 fully saturated rings. The van der Waals surface area contributed by atoms with E-state index >= 15 is 0 Å². The zero-order valence-corrected chi connectivity index (χ0v) is 8.68. The van der Waals surface area contributed by atoms with Gasteiger partial charge in [0, 0.05) is 0 Å². The maximum absolute atomic E-state index is 2.26. The molecule has 0 rings (SSSR count). The van der Waals surface area contributed by atoms with Crippen LogP contribution in [0.5, 0.6) is 0 Å². The summed E-state index contributed by atoms with van der Waals surface area (Å²) in [5, 5.41) is 0. The van der Waals surface area contributed by atoms with Crippen LogP contribution in [-0.4, -0.2) is 0 Å². The van der Waals surface area contributed by atoms with Gasteiger partial charge in [0.25, 0.3) is 0 Å². The first-order valence-corrected chi connectivity index (χ1v) is 5.30. The summed E-state index contributed by atoms with van der Waals surface area (Å²) in [5.41, 5.74) is 0. The molecular formula is C12H23. The van der Waals surface area contributed by atoms with Crippen molar-refractivity contribution in [3.8, 4) is 0 Å². The lowest BCUT2D eigenvalue weighted by molar-refractivity contribution is 0.615. The molecule has 0 atom stereocenters. The summed E-state index contributed by atoms with van der Waals surface area (Å²) in [5.74, 6) is 0. The average Bonchev–Trinajstić information content (AvgIpc) is 2.10. The molecule has 0 aliphatic carbocycles. The smallest absolute Gasteiger partial charge is 0.0351 e. The molecule has 0 spiro atoms. The van der Waals surface area contributed by atoms with Crippen molar-refractivity contribution in [3.05, 3.63) is 18.6 Å². The molecule has 0 aromatic rings. The van der Waals surface area contributed by atoms with Gasteiger partial charge in [-0.05, 0) is 26.2 Å². The van der Waals surface area contributed by atoms with Crippen LogP contribution >= 0.6 is 0 Å². The van der Waals surface area contributed by atoms with Gasteiger partial charge in [0.2, 0.25) is 0 Å². The minimum absolute atomic E-state index is 1.27. The predicted octanol–water partition coefficient (Wildman–Crippen LogP) is 4.52. The van der Waals surface area contributed by atoms with Crippen LogP contribution in [0.3, 0.4) is 0 Å². The quantitative estimate of drug-likeness (QED) is 0.368. The molecule has 0 aliphatic rings. The fourth-order valence-corrected chi connectivity index (χ4v) is 1.31. The molecule has 0 heterocycles. The van der Waals surface area contributed by atoms with Crippen LogP contribution in [0.4, 0.5) is 0 Å². The van der Waals surface area contributed by atoms with Crippen LogP contribution in [0.2, 0.25) is 0 Å². The van der Waals surface area contributed by atoms with E-state index in [1.807, 2.05) is 0 Å². The Labute approximate surface area is 78.1 Å². The van der Waals surface area contributed by atoms with Gasteiger partial charge in [-0.15, -0.1) is 0 Å². The van der Waals surface area contributed by atoms with Gasteiger partial charge < -0.3 is 0 Å². The molecule has 0 amide bonds. The Bertz CT molecular complexity index is 92.2. The number of hydrogen-bond donors (Lipinski definition) is 0. The van der Waals surface area contributed by atoms with E-state index in [-0.39, 0.29) is 0 Å².